The van der Waals surface area contributed by atoms with Gasteiger partial charge in [0.25, 0.3) is 11.6 Å². The van der Waals surface area contributed by atoms with Crippen LogP contribution in [-0.2, 0) is 20.7 Å². The number of para-hydroxylation sites is 2. The van der Waals surface area contributed by atoms with Crippen LogP contribution in [0.3, 0.4) is 0 Å². The number of amides is 1. The third-order valence-corrected chi connectivity index (χ3v) is 3.80. The molecule has 0 unspecified atom stereocenters. The quantitative estimate of drug-likeness (QED) is 0.399. The summed E-state index contributed by atoms with van der Waals surface area (Å²) in [4.78, 5) is 34.1. The topological polar surface area (TPSA) is 117 Å². The Morgan fingerprint density at radius 3 is 2.46 bits per heavy atom. The fourth-order valence-corrected chi connectivity index (χ4v) is 2.43. The predicted octanol–water partition coefficient (Wildman–Crippen LogP) is 2.73. The van der Waals surface area contributed by atoms with Crippen molar-refractivity contribution in [1.29, 1.82) is 0 Å². The Kier molecular flexibility index (Phi) is 7.32. The van der Waals surface area contributed by atoms with E-state index in [2.05, 4.69) is 5.32 Å². The van der Waals surface area contributed by atoms with E-state index in [9.17, 15) is 19.7 Å². The van der Waals surface area contributed by atoms with Crippen LogP contribution in [-0.4, -0.2) is 37.6 Å². The van der Waals surface area contributed by atoms with Gasteiger partial charge in [-0.2, -0.15) is 0 Å². The molecular formula is C19H20N2O7. The number of esters is 1. The first-order valence-corrected chi connectivity index (χ1v) is 8.34. The highest BCUT2D eigenvalue weighted by Gasteiger charge is 2.16. The molecule has 148 valence electrons. The van der Waals surface area contributed by atoms with Gasteiger partial charge < -0.3 is 19.5 Å². The molecule has 0 saturated carbocycles. The zero-order chi connectivity index (χ0) is 20.5. The molecule has 0 fully saturated rings. The van der Waals surface area contributed by atoms with Crippen molar-refractivity contribution in [3.63, 3.8) is 0 Å². The molecule has 2 aromatic carbocycles. The first kappa shape index (κ1) is 20.7. The lowest BCUT2D eigenvalue weighted by atomic mass is 10.1. The van der Waals surface area contributed by atoms with E-state index in [4.69, 9.17) is 14.2 Å². The van der Waals surface area contributed by atoms with Gasteiger partial charge in [0.05, 0.1) is 19.1 Å². The maximum atomic E-state index is 11.9. The first-order valence-electron chi connectivity index (χ1n) is 8.34. The maximum Gasteiger partial charge on any atom is 0.306 e. The molecule has 0 aliphatic carbocycles. The lowest BCUT2D eigenvalue weighted by Crippen LogP contribution is -2.21. The van der Waals surface area contributed by atoms with E-state index < -0.39 is 23.4 Å². The van der Waals surface area contributed by atoms with E-state index in [-0.39, 0.29) is 17.8 Å². The summed E-state index contributed by atoms with van der Waals surface area (Å²) in [6.45, 7) is -0.531. The van der Waals surface area contributed by atoms with Crippen molar-refractivity contribution in [3.05, 3.63) is 58.1 Å². The molecule has 0 aliphatic rings. The third-order valence-electron chi connectivity index (χ3n) is 3.80. The van der Waals surface area contributed by atoms with Gasteiger partial charge >= 0.3 is 5.97 Å². The molecule has 0 radical (unpaired) electrons. The van der Waals surface area contributed by atoms with Gasteiger partial charge in [0.2, 0.25) is 0 Å². The number of aryl methyl sites for hydroxylation is 1. The molecule has 1 N–H and O–H groups in total. The summed E-state index contributed by atoms with van der Waals surface area (Å²) in [5, 5.41) is 13.3. The van der Waals surface area contributed by atoms with Crippen molar-refractivity contribution >= 4 is 23.3 Å². The van der Waals surface area contributed by atoms with Crippen molar-refractivity contribution in [2.45, 2.75) is 12.8 Å². The fourth-order valence-electron chi connectivity index (χ4n) is 2.43. The lowest BCUT2D eigenvalue weighted by molar-refractivity contribution is -0.383. The maximum absolute atomic E-state index is 11.9. The zero-order valence-electron chi connectivity index (χ0n) is 15.5. The minimum absolute atomic E-state index is 0.0406. The molecule has 0 spiro atoms. The number of anilines is 1. The largest absolute Gasteiger partial charge is 0.493 e. The van der Waals surface area contributed by atoms with Gasteiger partial charge in [-0.15, -0.1) is 0 Å². The molecule has 0 aromatic heterocycles. The molecule has 2 rings (SSSR count). The van der Waals surface area contributed by atoms with E-state index in [0.29, 0.717) is 17.9 Å². The van der Waals surface area contributed by atoms with Crippen LogP contribution < -0.4 is 14.8 Å². The number of hydrogen-bond acceptors (Lipinski definition) is 7. The molecular weight excluding hydrogens is 368 g/mol. The number of hydrogen-bond donors (Lipinski definition) is 1. The van der Waals surface area contributed by atoms with Gasteiger partial charge in [-0.25, -0.2) is 0 Å². The second-order valence-corrected chi connectivity index (χ2v) is 5.67. The van der Waals surface area contributed by atoms with E-state index in [1.807, 2.05) is 0 Å². The Balaban J connectivity index is 1.83. The normalized spacial score (nSPS) is 10.1. The average molecular weight is 388 g/mol. The third kappa shape index (κ3) is 5.70. The molecule has 0 heterocycles. The van der Waals surface area contributed by atoms with Gasteiger partial charge in [0, 0.05) is 12.5 Å². The average Bonchev–Trinajstić information content (AvgIpc) is 2.70. The highest BCUT2D eigenvalue weighted by atomic mass is 16.6. The van der Waals surface area contributed by atoms with Crippen LogP contribution in [0.4, 0.5) is 11.4 Å². The fraction of sp³-hybridized carbons (Fsp3) is 0.263. The summed E-state index contributed by atoms with van der Waals surface area (Å²) in [7, 11) is 3.05. The summed E-state index contributed by atoms with van der Waals surface area (Å²) < 4.78 is 15.3. The number of nitro benzene ring substituents is 1. The Morgan fingerprint density at radius 1 is 1.07 bits per heavy atom. The summed E-state index contributed by atoms with van der Waals surface area (Å²) >= 11 is 0. The SMILES string of the molecule is COc1ccc(CCC(=O)OCC(=O)Nc2ccccc2[N+](=O)[O-])cc1OC. The Hall–Kier alpha value is -3.62. The number of nitrogens with one attached hydrogen (secondary N) is 1. The first-order chi connectivity index (χ1) is 13.4. The summed E-state index contributed by atoms with van der Waals surface area (Å²) in [5.41, 5.74) is 0.647. The molecule has 0 aliphatic heterocycles. The number of benzene rings is 2. The van der Waals surface area contributed by atoms with Crippen LogP contribution in [0, 0.1) is 10.1 Å². The van der Waals surface area contributed by atoms with Crippen molar-refractivity contribution < 1.29 is 28.7 Å². The minimum atomic E-state index is -0.659. The lowest BCUT2D eigenvalue weighted by Gasteiger charge is -2.10. The summed E-state index contributed by atoms with van der Waals surface area (Å²) in [6.07, 6.45) is 0.458. The molecule has 9 nitrogen and oxygen atoms in total. The molecule has 1 amide bonds. The monoisotopic (exact) mass is 388 g/mol. The van der Waals surface area contributed by atoms with Crippen LogP contribution in [0.2, 0.25) is 0 Å². The van der Waals surface area contributed by atoms with E-state index in [1.54, 1.807) is 24.3 Å². The number of carbonyl (C=O) groups excluding carboxylic acids is 2. The van der Waals surface area contributed by atoms with E-state index >= 15 is 0 Å². The van der Waals surface area contributed by atoms with E-state index in [1.165, 1.54) is 32.4 Å². The minimum Gasteiger partial charge on any atom is -0.493 e. The Bertz CT molecular complexity index is 867. The number of nitro groups is 1. The number of ether oxygens (including phenoxy) is 3. The number of methoxy groups -OCH3 is 2. The molecule has 0 bridgehead atoms. The van der Waals surface area contributed by atoms with Gasteiger partial charge in [0.1, 0.15) is 5.69 Å². The van der Waals surface area contributed by atoms with Crippen molar-refractivity contribution in [3.8, 4) is 11.5 Å². The molecule has 2 aromatic rings. The second kappa shape index (κ2) is 9.91. The van der Waals surface area contributed by atoms with Gasteiger partial charge in [-0.05, 0) is 30.2 Å². The van der Waals surface area contributed by atoms with Crippen LogP contribution in [0.1, 0.15) is 12.0 Å². The van der Waals surface area contributed by atoms with Crippen LogP contribution in [0.5, 0.6) is 11.5 Å². The van der Waals surface area contributed by atoms with Crippen molar-refractivity contribution in [2.75, 3.05) is 26.1 Å². The zero-order valence-corrected chi connectivity index (χ0v) is 15.5. The molecule has 0 saturated heterocycles. The number of rotatable bonds is 9. The second-order valence-electron chi connectivity index (χ2n) is 5.67. The highest BCUT2D eigenvalue weighted by Crippen LogP contribution is 2.28. The van der Waals surface area contributed by atoms with Gasteiger partial charge in [-0.3, -0.25) is 19.7 Å². The van der Waals surface area contributed by atoms with Crippen molar-refractivity contribution in [2.24, 2.45) is 0 Å². The highest BCUT2D eigenvalue weighted by molar-refractivity contribution is 5.94. The predicted molar refractivity (Wildman–Crippen MR) is 101 cm³/mol. The standard InChI is InChI=1S/C19H20N2O7/c1-26-16-9-7-13(11-17(16)27-2)8-10-19(23)28-12-18(22)20-14-5-3-4-6-15(14)21(24)25/h3-7,9,11H,8,10,12H2,1-2H3,(H,20,22). The Morgan fingerprint density at radius 2 is 1.79 bits per heavy atom. The van der Waals surface area contributed by atoms with E-state index in [0.717, 1.165) is 5.56 Å². The molecule has 0 atom stereocenters. The number of nitrogens with zero attached hydrogens (tertiary/aromatic N) is 1. The van der Waals surface area contributed by atoms with Gasteiger partial charge in [0.15, 0.2) is 18.1 Å². The molecule has 9 heteroatoms. The summed E-state index contributed by atoms with van der Waals surface area (Å²) in [5.74, 6) is -0.0843. The number of carbonyl (C=O) groups is 2. The van der Waals surface area contributed by atoms with Crippen molar-refractivity contribution in [1.82, 2.24) is 0 Å². The Labute approximate surface area is 161 Å². The smallest absolute Gasteiger partial charge is 0.306 e. The summed E-state index contributed by atoms with van der Waals surface area (Å²) in [6, 6.07) is 11.0. The van der Waals surface area contributed by atoms with Crippen LogP contribution in [0.25, 0.3) is 0 Å². The molecule has 28 heavy (non-hydrogen) atoms. The van der Waals surface area contributed by atoms with Crippen LogP contribution >= 0.6 is 0 Å². The van der Waals surface area contributed by atoms with Crippen LogP contribution in [0.15, 0.2) is 42.5 Å². The van der Waals surface area contributed by atoms with Gasteiger partial charge in [-0.1, -0.05) is 18.2 Å².